The third-order valence-corrected chi connectivity index (χ3v) is 4.10. The maximum absolute atomic E-state index is 12.2. The predicted octanol–water partition coefficient (Wildman–Crippen LogP) is 3.57. The number of amides is 1. The fraction of sp³-hybridized carbons (Fsp3) is 0.737. The minimum absolute atomic E-state index is 0.195. The van der Waals surface area contributed by atoms with Crippen molar-refractivity contribution < 1.29 is 18.7 Å². The molecule has 0 saturated carbocycles. The first-order chi connectivity index (χ1) is 11.9. The van der Waals surface area contributed by atoms with Crippen molar-refractivity contribution in [1.29, 1.82) is 0 Å². The van der Waals surface area contributed by atoms with Crippen LogP contribution in [0.1, 0.15) is 52.2 Å². The third kappa shape index (κ3) is 7.92. The minimum atomic E-state index is -0.434. The number of rotatable bonds is 7. The van der Waals surface area contributed by atoms with Crippen molar-refractivity contribution in [3.63, 3.8) is 0 Å². The lowest BCUT2D eigenvalue weighted by Gasteiger charge is -2.26. The van der Waals surface area contributed by atoms with Gasteiger partial charge < -0.3 is 24.1 Å². The smallest absolute Gasteiger partial charge is 0.410 e. The Bertz CT molecular complexity index is 496. The first-order valence-corrected chi connectivity index (χ1v) is 9.25. The van der Waals surface area contributed by atoms with Gasteiger partial charge in [0.2, 0.25) is 0 Å². The first-order valence-electron chi connectivity index (χ1n) is 9.25. The van der Waals surface area contributed by atoms with Gasteiger partial charge in [-0.3, -0.25) is 0 Å². The Hall–Kier alpha value is -1.53. The van der Waals surface area contributed by atoms with Gasteiger partial charge in [-0.05, 0) is 65.1 Å². The number of furan rings is 1. The molecule has 1 fully saturated rings. The van der Waals surface area contributed by atoms with Gasteiger partial charge in [0.25, 0.3) is 0 Å². The van der Waals surface area contributed by atoms with E-state index in [1.54, 1.807) is 6.26 Å². The average molecular weight is 352 g/mol. The van der Waals surface area contributed by atoms with Crippen molar-refractivity contribution >= 4 is 6.09 Å². The molecular formula is C19H32N2O4. The highest BCUT2D eigenvalue weighted by atomic mass is 16.6. The molecule has 2 rings (SSSR count). The maximum Gasteiger partial charge on any atom is 0.410 e. The van der Waals surface area contributed by atoms with Gasteiger partial charge in [-0.25, -0.2) is 4.79 Å². The van der Waals surface area contributed by atoms with Crippen molar-refractivity contribution in [1.82, 2.24) is 10.2 Å². The van der Waals surface area contributed by atoms with Crippen LogP contribution in [0.3, 0.4) is 0 Å². The van der Waals surface area contributed by atoms with Crippen LogP contribution in [0.2, 0.25) is 0 Å². The Morgan fingerprint density at radius 2 is 2.20 bits per heavy atom. The van der Waals surface area contributed by atoms with Gasteiger partial charge in [-0.2, -0.15) is 0 Å². The highest BCUT2D eigenvalue weighted by Crippen LogP contribution is 2.15. The standard InChI is InChI=1S/C19H32N2O4/c1-19(2,3)25-18(22)21-11-4-7-16(9-12-21)20-10-6-13-23-15-17-8-5-14-24-17/h5,8,14,16,20H,4,6-7,9-13,15H2,1-3H3. The van der Waals surface area contributed by atoms with Crippen LogP contribution in [0.4, 0.5) is 4.79 Å². The lowest BCUT2D eigenvalue weighted by molar-refractivity contribution is 0.0256. The van der Waals surface area contributed by atoms with E-state index in [0.29, 0.717) is 19.3 Å². The number of carbonyl (C=O) groups is 1. The Labute approximate surface area is 150 Å². The summed E-state index contributed by atoms with van der Waals surface area (Å²) < 4.78 is 16.3. The second kappa shape index (κ2) is 9.82. The van der Waals surface area contributed by atoms with Gasteiger partial charge in [-0.1, -0.05) is 0 Å². The summed E-state index contributed by atoms with van der Waals surface area (Å²) in [4.78, 5) is 14.0. The molecule has 1 amide bonds. The van der Waals surface area contributed by atoms with Crippen molar-refractivity contribution in [2.45, 2.75) is 64.7 Å². The van der Waals surface area contributed by atoms with Crippen molar-refractivity contribution in [2.24, 2.45) is 0 Å². The maximum atomic E-state index is 12.2. The summed E-state index contributed by atoms with van der Waals surface area (Å²) in [5, 5.41) is 3.58. The molecule has 0 radical (unpaired) electrons. The molecule has 25 heavy (non-hydrogen) atoms. The summed E-state index contributed by atoms with van der Waals surface area (Å²) in [5.74, 6) is 0.860. The SMILES string of the molecule is CC(C)(C)OC(=O)N1CCCC(NCCCOCc2ccco2)CC1. The molecule has 6 heteroatoms. The third-order valence-electron chi connectivity index (χ3n) is 4.10. The van der Waals surface area contributed by atoms with Gasteiger partial charge in [0, 0.05) is 25.7 Å². The summed E-state index contributed by atoms with van der Waals surface area (Å²) in [7, 11) is 0. The molecule has 0 bridgehead atoms. The minimum Gasteiger partial charge on any atom is -0.467 e. The summed E-state index contributed by atoms with van der Waals surface area (Å²) >= 11 is 0. The van der Waals surface area contributed by atoms with Crippen molar-refractivity contribution in [3.8, 4) is 0 Å². The zero-order chi connectivity index (χ0) is 18.1. The number of nitrogens with zero attached hydrogens (tertiary/aromatic N) is 1. The van der Waals surface area contributed by atoms with Gasteiger partial charge in [0.1, 0.15) is 18.0 Å². The molecule has 142 valence electrons. The van der Waals surface area contributed by atoms with E-state index >= 15 is 0 Å². The summed E-state index contributed by atoms with van der Waals surface area (Å²) in [6.45, 7) is 9.41. The van der Waals surface area contributed by atoms with E-state index in [9.17, 15) is 4.79 Å². The molecule has 1 unspecified atom stereocenters. The Morgan fingerprint density at radius 1 is 1.36 bits per heavy atom. The van der Waals surface area contributed by atoms with Gasteiger partial charge >= 0.3 is 6.09 Å². The normalized spacial score (nSPS) is 18.8. The number of hydrogen-bond acceptors (Lipinski definition) is 5. The largest absolute Gasteiger partial charge is 0.467 e. The van der Waals surface area contributed by atoms with E-state index < -0.39 is 5.60 Å². The highest BCUT2D eigenvalue weighted by molar-refractivity contribution is 5.68. The van der Waals surface area contributed by atoms with Crippen LogP contribution in [-0.4, -0.2) is 48.9 Å². The second-order valence-corrected chi connectivity index (χ2v) is 7.53. The monoisotopic (exact) mass is 352 g/mol. The quantitative estimate of drug-likeness (QED) is 0.760. The van der Waals surface area contributed by atoms with E-state index in [2.05, 4.69) is 5.32 Å². The molecule has 0 spiro atoms. The molecule has 0 aliphatic carbocycles. The fourth-order valence-electron chi connectivity index (χ4n) is 2.86. The molecule has 1 aliphatic heterocycles. The molecule has 1 atom stereocenters. The molecule has 2 heterocycles. The van der Waals surface area contributed by atoms with Crippen molar-refractivity contribution in [3.05, 3.63) is 24.2 Å². The lowest BCUT2D eigenvalue weighted by Crippen LogP contribution is -2.38. The second-order valence-electron chi connectivity index (χ2n) is 7.53. The van der Waals surface area contributed by atoms with Crippen LogP contribution in [0.25, 0.3) is 0 Å². The van der Waals surface area contributed by atoms with Crippen molar-refractivity contribution in [2.75, 3.05) is 26.2 Å². The van der Waals surface area contributed by atoms with E-state index in [0.717, 1.165) is 51.1 Å². The zero-order valence-electron chi connectivity index (χ0n) is 15.8. The van der Waals surface area contributed by atoms with E-state index in [-0.39, 0.29) is 6.09 Å². The number of likely N-dealkylation sites (tertiary alicyclic amines) is 1. The average Bonchev–Trinajstić information content (AvgIpc) is 2.93. The Kier molecular flexibility index (Phi) is 7.78. The molecule has 1 aromatic rings. The van der Waals surface area contributed by atoms with Gasteiger partial charge in [0.05, 0.1) is 6.26 Å². The summed E-state index contributed by atoms with van der Waals surface area (Å²) in [6.07, 6.45) is 5.49. The topological polar surface area (TPSA) is 63.9 Å². The van der Waals surface area contributed by atoms with Crippen LogP contribution in [-0.2, 0) is 16.1 Å². The number of nitrogens with one attached hydrogen (secondary N) is 1. The lowest BCUT2D eigenvalue weighted by atomic mass is 10.1. The first kappa shape index (κ1) is 19.8. The molecule has 1 aliphatic rings. The van der Waals surface area contributed by atoms with E-state index in [1.807, 2.05) is 37.8 Å². The van der Waals surface area contributed by atoms with Crippen LogP contribution in [0.5, 0.6) is 0 Å². The van der Waals surface area contributed by atoms with E-state index in [4.69, 9.17) is 13.9 Å². The molecule has 1 N–H and O–H groups in total. The molecule has 6 nitrogen and oxygen atoms in total. The van der Waals surface area contributed by atoms with Gasteiger partial charge in [0.15, 0.2) is 0 Å². The number of ether oxygens (including phenoxy) is 2. The summed E-state index contributed by atoms with van der Waals surface area (Å²) in [6, 6.07) is 4.24. The molecule has 0 aromatic carbocycles. The number of hydrogen-bond donors (Lipinski definition) is 1. The van der Waals surface area contributed by atoms with E-state index in [1.165, 1.54) is 0 Å². The molecule has 1 saturated heterocycles. The number of carbonyl (C=O) groups excluding carboxylic acids is 1. The Morgan fingerprint density at radius 3 is 2.92 bits per heavy atom. The van der Waals surface area contributed by atoms with Crippen LogP contribution >= 0.6 is 0 Å². The fourth-order valence-corrected chi connectivity index (χ4v) is 2.86. The molecular weight excluding hydrogens is 320 g/mol. The van der Waals surface area contributed by atoms with Crippen LogP contribution in [0, 0.1) is 0 Å². The zero-order valence-corrected chi connectivity index (χ0v) is 15.8. The molecule has 1 aromatic heterocycles. The predicted molar refractivity (Wildman–Crippen MR) is 96.4 cm³/mol. The Balaban J connectivity index is 1.57. The van der Waals surface area contributed by atoms with Gasteiger partial charge in [-0.15, -0.1) is 0 Å². The summed E-state index contributed by atoms with van der Waals surface area (Å²) in [5.41, 5.74) is -0.434. The van der Waals surface area contributed by atoms with Crippen LogP contribution in [0.15, 0.2) is 22.8 Å². The van der Waals surface area contributed by atoms with Crippen LogP contribution < -0.4 is 5.32 Å². The highest BCUT2D eigenvalue weighted by Gasteiger charge is 2.24.